The molecule has 0 bridgehead atoms. The van der Waals surface area contributed by atoms with Crippen LogP contribution in [0.3, 0.4) is 0 Å². The number of nitrogens with zero attached hydrogens (tertiary/aromatic N) is 1. The Labute approximate surface area is 197 Å². The third-order valence-corrected chi connectivity index (χ3v) is 11.3. The summed E-state index contributed by atoms with van der Waals surface area (Å²) in [5.41, 5.74) is 0.361. The Hall–Kier alpha value is -1.81. The van der Waals surface area contributed by atoms with Crippen LogP contribution in [0.1, 0.15) is 32.1 Å². The number of hydrogen-bond acceptors (Lipinski definition) is 5. The maximum Gasteiger partial charge on any atom is 0.264 e. The zero-order valence-corrected chi connectivity index (χ0v) is 20.4. The summed E-state index contributed by atoms with van der Waals surface area (Å²) >= 11 is 8.01. The second-order valence-corrected chi connectivity index (χ2v) is 13.6. The van der Waals surface area contributed by atoms with Crippen LogP contribution < -0.4 is 9.03 Å². The lowest BCUT2D eigenvalue weighted by molar-refractivity contribution is 0.587. The van der Waals surface area contributed by atoms with Gasteiger partial charge in [0.05, 0.1) is 15.2 Å². The van der Waals surface area contributed by atoms with E-state index in [4.69, 9.17) is 11.6 Å². The molecule has 2 saturated carbocycles. The van der Waals surface area contributed by atoms with Crippen LogP contribution in [-0.2, 0) is 20.0 Å². The van der Waals surface area contributed by atoms with Gasteiger partial charge in [-0.1, -0.05) is 42.6 Å². The largest absolute Gasteiger partial charge is 0.283 e. The maximum atomic E-state index is 13.6. The van der Waals surface area contributed by atoms with Gasteiger partial charge in [-0.2, -0.15) is 0 Å². The fraction of sp³-hybridized carbons (Fsp3) is 0.364. The highest BCUT2D eigenvalue weighted by atomic mass is 35.5. The molecule has 2 aliphatic rings. The van der Waals surface area contributed by atoms with Gasteiger partial charge in [0, 0.05) is 22.3 Å². The van der Waals surface area contributed by atoms with Crippen LogP contribution in [0.4, 0.5) is 10.7 Å². The summed E-state index contributed by atoms with van der Waals surface area (Å²) in [5, 5.41) is 1.45. The van der Waals surface area contributed by atoms with E-state index < -0.39 is 20.0 Å². The number of thiophene rings is 1. The second kappa shape index (κ2) is 8.20. The SMILES string of the molecule is O=S(=O)(Nc1ccc(S(=O)(=O)N(CCC2CC2)c2sc3ccccc3c2Cl)cc1)C1CC1. The highest BCUT2D eigenvalue weighted by Crippen LogP contribution is 2.44. The minimum Gasteiger partial charge on any atom is -0.283 e. The molecule has 2 aromatic carbocycles. The van der Waals surface area contributed by atoms with Crippen LogP contribution in [0.15, 0.2) is 53.4 Å². The van der Waals surface area contributed by atoms with Gasteiger partial charge in [0.25, 0.3) is 10.0 Å². The number of nitrogens with one attached hydrogen (secondary N) is 1. The first-order valence-electron chi connectivity index (χ1n) is 10.6. The van der Waals surface area contributed by atoms with Crippen LogP contribution in [0.2, 0.25) is 5.02 Å². The molecule has 0 aliphatic heterocycles. The van der Waals surface area contributed by atoms with Crippen molar-refractivity contribution in [3.05, 3.63) is 53.6 Å². The molecular formula is C22H23ClN2O4S3. The Morgan fingerprint density at radius 3 is 2.28 bits per heavy atom. The van der Waals surface area contributed by atoms with E-state index in [0.29, 0.717) is 41.0 Å². The van der Waals surface area contributed by atoms with Crippen molar-refractivity contribution in [2.75, 3.05) is 15.6 Å². The highest BCUT2D eigenvalue weighted by molar-refractivity contribution is 7.93. The molecule has 0 unspecified atom stereocenters. The molecule has 5 rings (SSSR count). The van der Waals surface area contributed by atoms with Crippen molar-refractivity contribution in [3.63, 3.8) is 0 Å². The van der Waals surface area contributed by atoms with E-state index >= 15 is 0 Å². The molecule has 0 atom stereocenters. The molecule has 32 heavy (non-hydrogen) atoms. The molecule has 2 aliphatic carbocycles. The fourth-order valence-corrected chi connectivity index (χ4v) is 8.35. The van der Waals surface area contributed by atoms with E-state index in [9.17, 15) is 16.8 Å². The Morgan fingerprint density at radius 1 is 0.969 bits per heavy atom. The summed E-state index contributed by atoms with van der Waals surface area (Å²) in [5.74, 6) is 0.556. The average molecular weight is 511 g/mol. The molecule has 170 valence electrons. The molecule has 0 amide bonds. The van der Waals surface area contributed by atoms with Gasteiger partial charge in [0.15, 0.2) is 0 Å². The first kappa shape index (κ1) is 22.0. The number of fused-ring (bicyclic) bond motifs is 1. The van der Waals surface area contributed by atoms with Crippen molar-refractivity contribution >= 4 is 63.8 Å². The smallest absolute Gasteiger partial charge is 0.264 e. The molecular weight excluding hydrogens is 488 g/mol. The molecule has 2 fully saturated rings. The highest BCUT2D eigenvalue weighted by Gasteiger charge is 2.36. The fourth-order valence-electron chi connectivity index (χ4n) is 3.65. The normalized spacial score (nSPS) is 16.9. The molecule has 0 spiro atoms. The van der Waals surface area contributed by atoms with Crippen LogP contribution in [-0.4, -0.2) is 28.6 Å². The van der Waals surface area contributed by atoms with E-state index in [1.807, 2.05) is 24.3 Å². The minimum absolute atomic E-state index is 0.108. The lowest BCUT2D eigenvalue weighted by Gasteiger charge is -2.23. The summed E-state index contributed by atoms with van der Waals surface area (Å²) < 4.78 is 56.5. The summed E-state index contributed by atoms with van der Waals surface area (Å²) in [7, 11) is -7.28. The van der Waals surface area contributed by atoms with Crippen molar-refractivity contribution in [2.24, 2.45) is 5.92 Å². The first-order chi connectivity index (χ1) is 15.3. The zero-order chi connectivity index (χ0) is 22.5. The topological polar surface area (TPSA) is 83.5 Å². The van der Waals surface area contributed by atoms with Gasteiger partial charge in [-0.15, -0.1) is 11.3 Å². The van der Waals surface area contributed by atoms with Crippen LogP contribution in [0.5, 0.6) is 0 Å². The van der Waals surface area contributed by atoms with E-state index in [2.05, 4.69) is 4.72 Å². The van der Waals surface area contributed by atoms with Crippen LogP contribution >= 0.6 is 22.9 Å². The predicted molar refractivity (Wildman–Crippen MR) is 131 cm³/mol. The van der Waals surface area contributed by atoms with Crippen LogP contribution in [0.25, 0.3) is 10.1 Å². The van der Waals surface area contributed by atoms with Gasteiger partial charge in [-0.3, -0.25) is 9.03 Å². The number of anilines is 2. The lowest BCUT2D eigenvalue weighted by Crippen LogP contribution is -2.32. The van der Waals surface area contributed by atoms with Crippen molar-refractivity contribution in [1.29, 1.82) is 0 Å². The number of hydrogen-bond donors (Lipinski definition) is 1. The van der Waals surface area contributed by atoms with E-state index in [1.54, 1.807) is 0 Å². The predicted octanol–water partition coefficient (Wildman–Crippen LogP) is 5.45. The van der Waals surface area contributed by atoms with Crippen LogP contribution in [0, 0.1) is 5.92 Å². The van der Waals surface area contributed by atoms with Crippen molar-refractivity contribution in [1.82, 2.24) is 0 Å². The van der Waals surface area contributed by atoms with E-state index in [-0.39, 0.29) is 10.1 Å². The Bertz CT molecular complexity index is 1360. The average Bonchev–Trinajstić information content (AvgIpc) is 3.67. The third-order valence-electron chi connectivity index (χ3n) is 5.85. The van der Waals surface area contributed by atoms with Gasteiger partial charge in [0.2, 0.25) is 10.0 Å². The van der Waals surface area contributed by atoms with E-state index in [1.165, 1.54) is 39.9 Å². The van der Waals surface area contributed by atoms with Crippen molar-refractivity contribution in [3.8, 4) is 0 Å². The zero-order valence-electron chi connectivity index (χ0n) is 17.2. The molecule has 0 radical (unpaired) electrons. The molecule has 1 heterocycles. The van der Waals surface area contributed by atoms with Gasteiger partial charge in [-0.25, -0.2) is 16.8 Å². The molecule has 3 aromatic rings. The monoisotopic (exact) mass is 510 g/mol. The minimum atomic E-state index is -3.87. The summed E-state index contributed by atoms with van der Waals surface area (Å²) in [6.07, 6.45) is 4.36. The first-order valence-corrected chi connectivity index (χ1v) is 14.8. The number of sulfonamides is 2. The Kier molecular flexibility index (Phi) is 5.64. The van der Waals surface area contributed by atoms with Crippen molar-refractivity contribution in [2.45, 2.75) is 42.2 Å². The molecule has 1 aromatic heterocycles. The molecule has 10 heteroatoms. The Balaban J connectivity index is 1.47. The number of rotatable bonds is 9. The van der Waals surface area contributed by atoms with Crippen molar-refractivity contribution < 1.29 is 16.8 Å². The number of halogens is 1. The van der Waals surface area contributed by atoms with Gasteiger partial charge in [0.1, 0.15) is 5.00 Å². The lowest BCUT2D eigenvalue weighted by atomic mass is 10.2. The summed E-state index contributed by atoms with van der Waals surface area (Å²) in [6.45, 7) is 0.357. The third kappa shape index (κ3) is 4.35. The number of benzene rings is 2. The quantitative estimate of drug-likeness (QED) is 0.414. The van der Waals surface area contributed by atoms with Gasteiger partial charge in [-0.05, 0) is 55.5 Å². The Morgan fingerprint density at radius 2 is 1.66 bits per heavy atom. The maximum absolute atomic E-state index is 13.6. The van der Waals surface area contributed by atoms with Gasteiger partial charge < -0.3 is 0 Å². The van der Waals surface area contributed by atoms with Gasteiger partial charge >= 0.3 is 0 Å². The summed E-state index contributed by atoms with van der Waals surface area (Å²) in [6, 6.07) is 13.5. The molecule has 6 nitrogen and oxygen atoms in total. The van der Waals surface area contributed by atoms with E-state index in [0.717, 1.165) is 29.3 Å². The second-order valence-electron chi connectivity index (χ2n) is 8.40. The molecule has 0 saturated heterocycles. The standard InChI is InChI=1S/C22H23ClN2O4S3/c23-21-19-3-1-2-4-20(19)30-22(21)25(14-13-15-5-6-15)32(28,29)18-9-7-16(8-10-18)24-31(26,27)17-11-12-17/h1-4,7-10,15,17,24H,5-6,11-14H2. The summed E-state index contributed by atoms with van der Waals surface area (Å²) in [4.78, 5) is 0.108. The molecule has 1 N–H and O–H groups in total.